The van der Waals surface area contributed by atoms with Crippen LogP contribution in [0.3, 0.4) is 0 Å². The molecule has 9 heteroatoms. The van der Waals surface area contributed by atoms with Crippen molar-refractivity contribution in [2.75, 3.05) is 12.4 Å². The quantitative estimate of drug-likeness (QED) is 0.604. The molecular formula is C21H23ClN4O3S. The molecule has 7 nitrogen and oxygen atoms in total. The van der Waals surface area contributed by atoms with Crippen LogP contribution in [0.5, 0.6) is 0 Å². The van der Waals surface area contributed by atoms with E-state index in [0.717, 1.165) is 5.56 Å². The van der Waals surface area contributed by atoms with Crippen molar-refractivity contribution >= 4 is 33.2 Å². The molecule has 0 spiro atoms. The average Bonchev–Trinajstić information content (AvgIpc) is 2.98. The summed E-state index contributed by atoms with van der Waals surface area (Å²) >= 11 is 6.24. The van der Waals surface area contributed by atoms with Crippen LogP contribution in [0.1, 0.15) is 32.9 Å². The third kappa shape index (κ3) is 4.40. The number of aromatic nitrogens is 2. The van der Waals surface area contributed by atoms with Crippen LogP contribution in [0.4, 0.5) is 5.69 Å². The van der Waals surface area contributed by atoms with Crippen LogP contribution >= 0.6 is 11.6 Å². The molecule has 3 rings (SSSR count). The van der Waals surface area contributed by atoms with E-state index in [1.54, 1.807) is 30.7 Å². The number of hydrogen-bond acceptors (Lipinski definition) is 4. The zero-order valence-electron chi connectivity index (χ0n) is 17.2. The minimum absolute atomic E-state index is 0.116. The molecule has 0 atom stereocenters. The summed E-state index contributed by atoms with van der Waals surface area (Å²) in [5.74, 6) is -0.355. The van der Waals surface area contributed by atoms with E-state index in [1.165, 1.54) is 13.1 Å². The van der Waals surface area contributed by atoms with Crippen molar-refractivity contribution < 1.29 is 13.2 Å². The van der Waals surface area contributed by atoms with Gasteiger partial charge in [0, 0.05) is 16.4 Å². The van der Waals surface area contributed by atoms with E-state index in [1.807, 2.05) is 31.2 Å². The highest BCUT2D eigenvalue weighted by molar-refractivity contribution is 7.89. The van der Waals surface area contributed by atoms with Crippen LogP contribution in [0.2, 0.25) is 5.02 Å². The molecule has 3 aromatic rings. The van der Waals surface area contributed by atoms with Crippen molar-refractivity contribution in [3.8, 4) is 0 Å². The van der Waals surface area contributed by atoms with Gasteiger partial charge in [-0.05, 0) is 57.1 Å². The first-order valence-corrected chi connectivity index (χ1v) is 11.1. The van der Waals surface area contributed by atoms with Gasteiger partial charge < -0.3 is 5.32 Å². The van der Waals surface area contributed by atoms with Crippen molar-refractivity contribution in [2.24, 2.45) is 0 Å². The maximum atomic E-state index is 12.9. The fourth-order valence-corrected chi connectivity index (χ4v) is 4.43. The van der Waals surface area contributed by atoms with Gasteiger partial charge in [0.1, 0.15) is 0 Å². The average molecular weight is 447 g/mol. The summed E-state index contributed by atoms with van der Waals surface area (Å²) < 4.78 is 28.4. The Balaban J connectivity index is 1.89. The van der Waals surface area contributed by atoms with Crippen molar-refractivity contribution in [2.45, 2.75) is 32.2 Å². The number of benzene rings is 2. The topological polar surface area (TPSA) is 93.1 Å². The molecular weight excluding hydrogens is 424 g/mol. The molecule has 1 aromatic heterocycles. The Morgan fingerprint density at radius 1 is 1.13 bits per heavy atom. The van der Waals surface area contributed by atoms with E-state index in [-0.39, 0.29) is 10.8 Å². The Labute approximate surface area is 181 Å². The zero-order chi connectivity index (χ0) is 22.1. The molecule has 2 N–H and O–H groups in total. The Morgan fingerprint density at radius 3 is 2.50 bits per heavy atom. The van der Waals surface area contributed by atoms with Gasteiger partial charge in [-0.1, -0.05) is 35.9 Å². The lowest BCUT2D eigenvalue weighted by atomic mass is 10.1. The van der Waals surface area contributed by atoms with E-state index in [0.29, 0.717) is 39.8 Å². The molecule has 1 heterocycles. The van der Waals surface area contributed by atoms with Gasteiger partial charge in [-0.2, -0.15) is 5.10 Å². The molecule has 0 saturated carbocycles. The monoisotopic (exact) mass is 446 g/mol. The number of amides is 1. The number of anilines is 1. The summed E-state index contributed by atoms with van der Waals surface area (Å²) in [4.78, 5) is 13.1. The van der Waals surface area contributed by atoms with Crippen LogP contribution in [0, 0.1) is 20.8 Å². The maximum absolute atomic E-state index is 12.9. The first-order valence-electron chi connectivity index (χ1n) is 9.27. The highest BCUT2D eigenvalue weighted by atomic mass is 35.5. The molecule has 0 aliphatic rings. The van der Waals surface area contributed by atoms with Crippen LogP contribution in [-0.2, 0) is 16.6 Å². The minimum Gasteiger partial charge on any atom is -0.322 e. The number of hydrogen-bond donors (Lipinski definition) is 2. The SMILES string of the molecule is CNS(=O)(=O)c1cc(NC(=O)c2c(C)nn(Cc3ccccc3Cl)c2C)ccc1C. The van der Waals surface area contributed by atoms with E-state index >= 15 is 0 Å². The highest BCUT2D eigenvalue weighted by Gasteiger charge is 2.21. The molecule has 30 heavy (non-hydrogen) atoms. The number of nitrogens with one attached hydrogen (secondary N) is 2. The molecule has 0 fully saturated rings. The summed E-state index contributed by atoms with van der Waals surface area (Å²) in [5.41, 5.74) is 3.59. The van der Waals surface area contributed by atoms with E-state index < -0.39 is 10.0 Å². The Kier molecular flexibility index (Phi) is 6.30. The third-order valence-electron chi connectivity index (χ3n) is 4.89. The summed E-state index contributed by atoms with van der Waals surface area (Å²) in [6.45, 7) is 5.71. The number of carbonyl (C=O) groups excluding carboxylic acids is 1. The molecule has 0 unspecified atom stereocenters. The molecule has 0 aliphatic heterocycles. The van der Waals surface area contributed by atoms with Gasteiger partial charge in [0.05, 0.1) is 22.7 Å². The zero-order valence-corrected chi connectivity index (χ0v) is 18.7. The number of aryl methyl sites for hydroxylation is 2. The lowest BCUT2D eigenvalue weighted by Gasteiger charge is -2.11. The summed E-state index contributed by atoms with van der Waals surface area (Å²) in [6, 6.07) is 12.2. The van der Waals surface area contributed by atoms with Crippen LogP contribution in [-0.4, -0.2) is 31.2 Å². The molecule has 0 aliphatic carbocycles. The largest absolute Gasteiger partial charge is 0.322 e. The van der Waals surface area contributed by atoms with Crippen molar-refractivity contribution in [1.29, 1.82) is 0 Å². The number of sulfonamides is 1. The first kappa shape index (κ1) is 22.0. The van der Waals surface area contributed by atoms with E-state index in [9.17, 15) is 13.2 Å². The fraction of sp³-hybridized carbons (Fsp3) is 0.238. The number of rotatable bonds is 6. The van der Waals surface area contributed by atoms with Crippen molar-refractivity contribution in [3.05, 3.63) is 75.6 Å². The predicted molar refractivity (Wildman–Crippen MR) is 118 cm³/mol. The van der Waals surface area contributed by atoms with Gasteiger partial charge in [-0.3, -0.25) is 9.48 Å². The maximum Gasteiger partial charge on any atom is 0.259 e. The minimum atomic E-state index is -3.63. The van der Waals surface area contributed by atoms with Gasteiger partial charge in [0.15, 0.2) is 0 Å². The first-order chi connectivity index (χ1) is 14.1. The summed E-state index contributed by atoms with van der Waals surface area (Å²) in [7, 11) is -2.29. The third-order valence-corrected chi connectivity index (χ3v) is 6.82. The highest BCUT2D eigenvalue weighted by Crippen LogP contribution is 2.23. The summed E-state index contributed by atoms with van der Waals surface area (Å²) in [6.07, 6.45) is 0. The molecule has 2 aromatic carbocycles. The fourth-order valence-electron chi connectivity index (χ4n) is 3.24. The van der Waals surface area contributed by atoms with Gasteiger partial charge in [0.25, 0.3) is 5.91 Å². The molecule has 1 amide bonds. The van der Waals surface area contributed by atoms with Crippen LogP contribution < -0.4 is 10.0 Å². The number of carbonyl (C=O) groups is 1. The lowest BCUT2D eigenvalue weighted by molar-refractivity contribution is 0.102. The normalized spacial score (nSPS) is 11.5. The second-order valence-electron chi connectivity index (χ2n) is 6.94. The van der Waals surface area contributed by atoms with Crippen LogP contribution in [0.25, 0.3) is 0 Å². The Bertz CT molecular complexity index is 1220. The van der Waals surface area contributed by atoms with Gasteiger partial charge >= 0.3 is 0 Å². The number of nitrogens with zero attached hydrogens (tertiary/aromatic N) is 2. The molecule has 0 bridgehead atoms. The summed E-state index contributed by atoms with van der Waals surface area (Å²) in [5, 5.41) is 7.90. The van der Waals surface area contributed by atoms with E-state index in [4.69, 9.17) is 11.6 Å². The smallest absolute Gasteiger partial charge is 0.259 e. The predicted octanol–water partition coefficient (Wildman–Crippen LogP) is 3.67. The Morgan fingerprint density at radius 2 is 1.83 bits per heavy atom. The van der Waals surface area contributed by atoms with Gasteiger partial charge in [0.2, 0.25) is 10.0 Å². The van der Waals surface area contributed by atoms with Gasteiger partial charge in [-0.15, -0.1) is 0 Å². The second-order valence-corrected chi connectivity index (χ2v) is 9.20. The van der Waals surface area contributed by atoms with Gasteiger partial charge in [-0.25, -0.2) is 13.1 Å². The standard InChI is InChI=1S/C21H23ClN4O3S/c1-13-9-10-17(11-19(13)30(28,29)23-4)24-21(27)20-14(2)25-26(15(20)3)12-16-7-5-6-8-18(16)22/h5-11,23H,12H2,1-4H3,(H,24,27). The van der Waals surface area contributed by atoms with Crippen LogP contribution in [0.15, 0.2) is 47.4 Å². The van der Waals surface area contributed by atoms with Crippen molar-refractivity contribution in [3.63, 3.8) is 0 Å². The molecule has 0 radical (unpaired) electrons. The van der Waals surface area contributed by atoms with Crippen molar-refractivity contribution in [1.82, 2.24) is 14.5 Å². The van der Waals surface area contributed by atoms with E-state index in [2.05, 4.69) is 15.1 Å². The lowest BCUT2D eigenvalue weighted by Crippen LogP contribution is -2.20. The molecule has 158 valence electrons. The molecule has 0 saturated heterocycles. The number of halogens is 1. The second kappa shape index (κ2) is 8.59. The Hall–Kier alpha value is -2.68.